The van der Waals surface area contributed by atoms with Crippen LogP contribution in [0.25, 0.3) is 0 Å². The Labute approximate surface area is 209 Å². The molecule has 0 fully saturated rings. The Morgan fingerprint density at radius 1 is 1.17 bits per heavy atom. The average molecular weight is 488 g/mol. The largest absolute Gasteiger partial charge is 0.489 e. The molecule has 1 aromatic heterocycles. The van der Waals surface area contributed by atoms with Gasteiger partial charge in [0, 0.05) is 36.4 Å². The zero-order valence-corrected chi connectivity index (χ0v) is 20.5. The maximum atomic E-state index is 13.4. The minimum absolute atomic E-state index is 0.0425. The van der Waals surface area contributed by atoms with E-state index in [4.69, 9.17) is 9.47 Å². The molecule has 8 heteroatoms. The number of anilines is 1. The van der Waals surface area contributed by atoms with E-state index in [9.17, 15) is 14.0 Å². The molecule has 36 heavy (non-hydrogen) atoms. The first kappa shape index (κ1) is 24.7. The maximum Gasteiger partial charge on any atom is 0.270 e. The zero-order valence-electron chi connectivity index (χ0n) is 20.5. The predicted molar refractivity (Wildman–Crippen MR) is 134 cm³/mol. The third-order valence-corrected chi connectivity index (χ3v) is 5.24. The van der Waals surface area contributed by atoms with Crippen LogP contribution in [-0.4, -0.2) is 36.5 Å². The average Bonchev–Trinajstić information content (AvgIpc) is 2.94. The predicted octanol–water partition coefficient (Wildman–Crippen LogP) is 4.56. The molecule has 1 aliphatic heterocycles. The minimum Gasteiger partial charge on any atom is -0.489 e. The number of halogens is 1. The Morgan fingerprint density at radius 2 is 1.94 bits per heavy atom. The van der Waals surface area contributed by atoms with Gasteiger partial charge in [-0.3, -0.25) is 14.6 Å². The van der Waals surface area contributed by atoms with Crippen LogP contribution < -0.4 is 19.7 Å². The lowest BCUT2D eigenvalue weighted by atomic mass is 9.97. The number of aromatic nitrogens is 1. The first-order valence-corrected chi connectivity index (χ1v) is 11.4. The highest BCUT2D eigenvalue weighted by Gasteiger charge is 2.31. The fourth-order valence-corrected chi connectivity index (χ4v) is 3.44. The number of ether oxygens (including phenoxy) is 2. The highest BCUT2D eigenvalue weighted by atomic mass is 19.1. The van der Waals surface area contributed by atoms with Gasteiger partial charge in [0.15, 0.2) is 0 Å². The number of hydrogen-bond donors (Lipinski definition) is 1. The number of pyridine rings is 1. The normalized spacial score (nSPS) is 15.1. The van der Waals surface area contributed by atoms with E-state index in [0.717, 1.165) is 5.56 Å². The van der Waals surface area contributed by atoms with Crippen molar-refractivity contribution in [2.24, 2.45) is 5.41 Å². The van der Waals surface area contributed by atoms with Gasteiger partial charge in [0.05, 0.1) is 5.69 Å². The van der Waals surface area contributed by atoms with Crippen LogP contribution in [0.4, 0.5) is 10.1 Å². The molecule has 0 radical (unpaired) electrons. The van der Waals surface area contributed by atoms with Crippen LogP contribution in [0.1, 0.15) is 36.8 Å². The number of carbonyl (C=O) groups excluding carboxylic acids is 2. The number of likely N-dealkylation sites (N-methyl/N-ethyl adjacent to an activating group) is 1. The molecule has 0 bridgehead atoms. The lowest BCUT2D eigenvalue weighted by Crippen LogP contribution is -2.49. The van der Waals surface area contributed by atoms with Crippen LogP contribution in [0, 0.1) is 23.1 Å². The quantitative estimate of drug-likeness (QED) is 0.546. The Kier molecular flexibility index (Phi) is 6.93. The van der Waals surface area contributed by atoms with Crippen molar-refractivity contribution in [2.75, 3.05) is 18.6 Å². The fraction of sp³-hybridized carbons (Fsp3) is 0.250. The summed E-state index contributed by atoms with van der Waals surface area (Å²) in [6.45, 7) is 6.02. The molecular formula is C28H26FN3O4. The van der Waals surface area contributed by atoms with Gasteiger partial charge in [-0.2, -0.15) is 0 Å². The summed E-state index contributed by atoms with van der Waals surface area (Å²) in [5, 5.41) is 2.69. The molecule has 0 saturated heterocycles. The van der Waals surface area contributed by atoms with E-state index in [0.29, 0.717) is 17.2 Å². The summed E-state index contributed by atoms with van der Waals surface area (Å²) in [6, 6.07) is 13.1. The molecule has 4 rings (SSSR count). The summed E-state index contributed by atoms with van der Waals surface area (Å²) in [4.78, 5) is 31.6. The molecular weight excluding hydrogens is 461 g/mol. The first-order chi connectivity index (χ1) is 17.1. The van der Waals surface area contributed by atoms with E-state index in [-0.39, 0.29) is 29.4 Å². The van der Waals surface area contributed by atoms with Gasteiger partial charge >= 0.3 is 0 Å². The molecule has 7 nitrogen and oxygen atoms in total. The van der Waals surface area contributed by atoms with Crippen molar-refractivity contribution in [2.45, 2.75) is 26.8 Å². The molecule has 2 aromatic carbocycles. The van der Waals surface area contributed by atoms with Gasteiger partial charge in [-0.25, -0.2) is 4.39 Å². The highest BCUT2D eigenvalue weighted by molar-refractivity contribution is 6.03. The number of benzene rings is 2. The molecule has 0 saturated carbocycles. The van der Waals surface area contributed by atoms with Crippen LogP contribution in [0.2, 0.25) is 0 Å². The number of nitrogens with one attached hydrogen (secondary N) is 1. The molecule has 0 unspecified atom stereocenters. The number of rotatable bonds is 4. The van der Waals surface area contributed by atoms with Crippen molar-refractivity contribution in [3.05, 3.63) is 77.9 Å². The standard InChI is InChI=1S/C28H26FN3O4/c1-28(2,3)12-10-18-8-9-25-24(14-18)32(4)27(34)23(17-35-25)31-26(33)22-16-21(11-13-30-22)36-20-7-5-6-19(29)15-20/h5-9,11,13-16,23H,17H2,1-4H3,(H,31,33)/t23-/m0/s1. The van der Waals surface area contributed by atoms with Gasteiger partial charge in [-0.05, 0) is 57.2 Å². The maximum absolute atomic E-state index is 13.4. The van der Waals surface area contributed by atoms with Gasteiger partial charge in [0.2, 0.25) is 0 Å². The summed E-state index contributed by atoms with van der Waals surface area (Å²) >= 11 is 0. The van der Waals surface area contributed by atoms with Gasteiger partial charge in [0.1, 0.15) is 41.4 Å². The Balaban J connectivity index is 1.48. The number of nitrogens with zero attached hydrogens (tertiary/aromatic N) is 2. The van der Waals surface area contributed by atoms with E-state index in [2.05, 4.69) is 22.1 Å². The molecule has 1 N–H and O–H groups in total. The van der Waals surface area contributed by atoms with Crippen LogP contribution in [0.15, 0.2) is 60.8 Å². The van der Waals surface area contributed by atoms with Crippen molar-refractivity contribution < 1.29 is 23.5 Å². The van der Waals surface area contributed by atoms with Gasteiger partial charge in [0.25, 0.3) is 11.8 Å². The second kappa shape index (κ2) is 10.1. The van der Waals surface area contributed by atoms with E-state index in [1.165, 1.54) is 35.4 Å². The summed E-state index contributed by atoms with van der Waals surface area (Å²) in [5.41, 5.74) is 1.21. The fourth-order valence-electron chi connectivity index (χ4n) is 3.44. The van der Waals surface area contributed by atoms with Crippen LogP contribution in [-0.2, 0) is 4.79 Å². The summed E-state index contributed by atoms with van der Waals surface area (Å²) in [5.74, 6) is 6.06. The van der Waals surface area contributed by atoms with Gasteiger partial charge in [-0.15, -0.1) is 0 Å². The van der Waals surface area contributed by atoms with E-state index >= 15 is 0 Å². The van der Waals surface area contributed by atoms with Crippen LogP contribution in [0.3, 0.4) is 0 Å². The lowest BCUT2D eigenvalue weighted by molar-refractivity contribution is -0.120. The highest BCUT2D eigenvalue weighted by Crippen LogP contribution is 2.31. The van der Waals surface area contributed by atoms with E-state index in [1.54, 1.807) is 31.3 Å². The molecule has 1 atom stereocenters. The minimum atomic E-state index is -0.936. The number of amides is 2. The Hall–Kier alpha value is -4.38. The second-order valence-corrected chi connectivity index (χ2v) is 9.35. The molecule has 2 heterocycles. The lowest BCUT2D eigenvalue weighted by Gasteiger charge is -2.20. The summed E-state index contributed by atoms with van der Waals surface area (Å²) in [6.07, 6.45) is 1.40. The molecule has 1 aliphatic rings. The van der Waals surface area contributed by atoms with E-state index in [1.807, 2.05) is 26.8 Å². The van der Waals surface area contributed by atoms with Gasteiger partial charge < -0.3 is 19.7 Å². The molecule has 3 aromatic rings. The third kappa shape index (κ3) is 5.99. The zero-order chi connectivity index (χ0) is 25.9. The summed E-state index contributed by atoms with van der Waals surface area (Å²) < 4.78 is 24.9. The SMILES string of the molecule is CN1C(=O)[C@@H](NC(=O)c2cc(Oc3cccc(F)c3)ccn2)COc2ccc(C#CC(C)(C)C)cc21. The third-order valence-electron chi connectivity index (χ3n) is 5.24. The monoisotopic (exact) mass is 487 g/mol. The Morgan fingerprint density at radius 3 is 2.69 bits per heavy atom. The first-order valence-electron chi connectivity index (χ1n) is 11.4. The van der Waals surface area contributed by atoms with Crippen LogP contribution >= 0.6 is 0 Å². The number of carbonyl (C=O) groups is 2. The summed E-state index contributed by atoms with van der Waals surface area (Å²) in [7, 11) is 1.63. The van der Waals surface area contributed by atoms with Crippen molar-refractivity contribution in [1.82, 2.24) is 10.3 Å². The van der Waals surface area contributed by atoms with Crippen molar-refractivity contribution >= 4 is 17.5 Å². The van der Waals surface area contributed by atoms with Crippen molar-refractivity contribution in [1.29, 1.82) is 0 Å². The van der Waals surface area contributed by atoms with Crippen molar-refractivity contribution in [3.63, 3.8) is 0 Å². The molecule has 2 amide bonds. The van der Waals surface area contributed by atoms with Crippen LogP contribution in [0.5, 0.6) is 17.2 Å². The number of fused-ring (bicyclic) bond motifs is 1. The molecule has 184 valence electrons. The smallest absolute Gasteiger partial charge is 0.270 e. The Bertz CT molecular complexity index is 1370. The van der Waals surface area contributed by atoms with Crippen molar-refractivity contribution in [3.8, 4) is 29.1 Å². The number of hydrogen-bond acceptors (Lipinski definition) is 5. The molecule has 0 aliphatic carbocycles. The van der Waals surface area contributed by atoms with Gasteiger partial charge in [-0.1, -0.05) is 17.9 Å². The van der Waals surface area contributed by atoms with E-state index < -0.39 is 17.8 Å². The second-order valence-electron chi connectivity index (χ2n) is 9.35. The topological polar surface area (TPSA) is 80.8 Å². The molecule has 0 spiro atoms.